The van der Waals surface area contributed by atoms with Crippen molar-refractivity contribution in [2.45, 2.75) is 18.7 Å². The quantitative estimate of drug-likeness (QED) is 0.400. The van der Waals surface area contributed by atoms with E-state index in [2.05, 4.69) is 10.6 Å². The number of para-hydroxylation sites is 1. The fraction of sp³-hybridized carbons (Fsp3) is 0.231. The number of nitrogens with zero attached hydrogens (tertiary/aromatic N) is 1. The van der Waals surface area contributed by atoms with Gasteiger partial charge in [-0.2, -0.15) is 0 Å². The predicted molar refractivity (Wildman–Crippen MR) is 141 cm³/mol. The van der Waals surface area contributed by atoms with Gasteiger partial charge in [-0.05, 0) is 48.4 Å². The van der Waals surface area contributed by atoms with Crippen molar-refractivity contribution < 1.29 is 22.7 Å². The van der Waals surface area contributed by atoms with Gasteiger partial charge in [0, 0.05) is 6.54 Å². The molecule has 0 radical (unpaired) electrons. The van der Waals surface area contributed by atoms with Crippen LogP contribution in [0.15, 0.2) is 77.7 Å². The molecule has 2 N–H and O–H groups in total. The average molecular weight is 530 g/mol. The summed E-state index contributed by atoms with van der Waals surface area (Å²) in [7, 11) is -2.68. The van der Waals surface area contributed by atoms with Crippen molar-refractivity contribution in [1.82, 2.24) is 5.32 Å². The minimum absolute atomic E-state index is 0.0122. The van der Waals surface area contributed by atoms with E-state index in [0.29, 0.717) is 12.3 Å². The lowest BCUT2D eigenvalue weighted by atomic mass is 10.1. The molecule has 0 saturated heterocycles. The van der Waals surface area contributed by atoms with Crippen molar-refractivity contribution in [1.29, 1.82) is 0 Å². The molecule has 36 heavy (non-hydrogen) atoms. The van der Waals surface area contributed by atoms with E-state index < -0.39 is 22.5 Å². The Morgan fingerprint density at radius 1 is 1.00 bits per heavy atom. The van der Waals surface area contributed by atoms with Gasteiger partial charge in [0.25, 0.3) is 15.9 Å². The van der Waals surface area contributed by atoms with E-state index in [1.165, 1.54) is 37.4 Å². The Morgan fingerprint density at radius 3 is 2.31 bits per heavy atom. The summed E-state index contributed by atoms with van der Waals surface area (Å²) in [4.78, 5) is 25.8. The fourth-order valence-electron chi connectivity index (χ4n) is 3.35. The molecule has 2 amide bonds. The summed E-state index contributed by atoms with van der Waals surface area (Å²) in [6.07, 6.45) is 0. The molecule has 8 nitrogen and oxygen atoms in total. The molecule has 0 saturated carbocycles. The molecule has 0 aliphatic carbocycles. The van der Waals surface area contributed by atoms with Crippen LogP contribution in [0.4, 0.5) is 11.4 Å². The van der Waals surface area contributed by atoms with Crippen LogP contribution in [0.2, 0.25) is 5.02 Å². The molecule has 0 aliphatic rings. The summed E-state index contributed by atoms with van der Waals surface area (Å²) in [6, 6.07) is 18.8. The lowest BCUT2D eigenvalue weighted by Crippen LogP contribution is -2.38. The van der Waals surface area contributed by atoms with Crippen molar-refractivity contribution in [2.75, 3.05) is 29.8 Å². The zero-order valence-electron chi connectivity index (χ0n) is 20.2. The summed E-state index contributed by atoms with van der Waals surface area (Å²) in [5.74, 6) is -0.354. The number of carbonyl (C=O) groups is 2. The highest BCUT2D eigenvalue weighted by Crippen LogP contribution is 2.32. The molecule has 0 bridgehead atoms. The number of amides is 2. The smallest absolute Gasteiger partial charge is 0.264 e. The molecule has 3 rings (SSSR count). The van der Waals surface area contributed by atoms with Crippen LogP contribution < -0.4 is 19.7 Å². The molecule has 190 valence electrons. The third-order valence-electron chi connectivity index (χ3n) is 5.16. The number of ether oxygens (including phenoxy) is 1. The van der Waals surface area contributed by atoms with Crippen LogP contribution in [0.1, 0.15) is 24.2 Å². The first-order chi connectivity index (χ1) is 17.1. The molecule has 0 unspecified atom stereocenters. The van der Waals surface area contributed by atoms with Gasteiger partial charge >= 0.3 is 0 Å². The van der Waals surface area contributed by atoms with Crippen molar-refractivity contribution >= 4 is 44.8 Å². The molecule has 0 aliphatic heterocycles. The maximum atomic E-state index is 13.5. The number of rotatable bonds is 10. The number of nitrogens with one attached hydrogen (secondary N) is 2. The van der Waals surface area contributed by atoms with Gasteiger partial charge in [0.2, 0.25) is 5.91 Å². The molecule has 0 fully saturated rings. The largest absolute Gasteiger partial charge is 0.495 e. The lowest BCUT2D eigenvalue weighted by Gasteiger charge is -2.25. The maximum absolute atomic E-state index is 13.5. The molecule has 0 spiro atoms. The fourth-order valence-corrected chi connectivity index (χ4v) is 5.03. The maximum Gasteiger partial charge on any atom is 0.264 e. The number of carbonyl (C=O) groups excluding carboxylic acids is 2. The van der Waals surface area contributed by atoms with E-state index in [4.69, 9.17) is 16.3 Å². The number of halogens is 1. The monoisotopic (exact) mass is 529 g/mol. The van der Waals surface area contributed by atoms with Crippen LogP contribution in [0.3, 0.4) is 0 Å². The first-order valence-electron chi connectivity index (χ1n) is 11.2. The third kappa shape index (κ3) is 6.56. The zero-order valence-corrected chi connectivity index (χ0v) is 21.8. The third-order valence-corrected chi connectivity index (χ3v) is 7.24. The second kappa shape index (κ2) is 11.9. The predicted octanol–water partition coefficient (Wildman–Crippen LogP) is 4.57. The first kappa shape index (κ1) is 27.0. The van der Waals surface area contributed by atoms with Crippen molar-refractivity contribution in [3.05, 3.63) is 83.4 Å². The molecule has 10 heteroatoms. The summed E-state index contributed by atoms with van der Waals surface area (Å²) < 4.78 is 33.2. The van der Waals surface area contributed by atoms with E-state index in [1.807, 2.05) is 13.8 Å². The number of hydrogen-bond donors (Lipinski definition) is 2. The average Bonchev–Trinajstić information content (AvgIpc) is 2.86. The van der Waals surface area contributed by atoms with Gasteiger partial charge in [-0.3, -0.25) is 13.9 Å². The Bertz CT molecular complexity index is 1330. The Morgan fingerprint density at radius 2 is 1.67 bits per heavy atom. The van der Waals surface area contributed by atoms with Gasteiger partial charge in [0.05, 0.1) is 34.0 Å². The van der Waals surface area contributed by atoms with Crippen LogP contribution in [0, 0.1) is 5.92 Å². The Hall–Kier alpha value is -3.56. The minimum atomic E-state index is -4.13. The number of hydrogen-bond acceptors (Lipinski definition) is 5. The van der Waals surface area contributed by atoms with Gasteiger partial charge in [0.1, 0.15) is 12.3 Å². The van der Waals surface area contributed by atoms with Gasteiger partial charge in [0.15, 0.2) is 0 Å². The zero-order chi connectivity index (χ0) is 26.3. The number of benzene rings is 3. The Kier molecular flexibility index (Phi) is 8.95. The highest BCUT2D eigenvalue weighted by atomic mass is 35.5. The number of sulfonamides is 1. The van der Waals surface area contributed by atoms with Gasteiger partial charge in [-0.25, -0.2) is 8.42 Å². The van der Waals surface area contributed by atoms with Gasteiger partial charge in [-0.1, -0.05) is 55.8 Å². The van der Waals surface area contributed by atoms with Crippen molar-refractivity contribution in [3.63, 3.8) is 0 Å². The van der Waals surface area contributed by atoms with Crippen LogP contribution in [-0.2, 0) is 14.8 Å². The van der Waals surface area contributed by atoms with Crippen molar-refractivity contribution in [2.24, 2.45) is 5.92 Å². The SMILES string of the molecule is COc1ccc(N(CC(=O)Nc2ccccc2C(=O)NCC(C)C)S(=O)(=O)c2ccccc2)cc1Cl. The molecular formula is C26H28ClN3O5S. The normalized spacial score (nSPS) is 11.1. The summed E-state index contributed by atoms with van der Waals surface area (Å²) >= 11 is 6.25. The molecule has 0 aromatic heterocycles. The van der Waals surface area contributed by atoms with Gasteiger partial charge in [-0.15, -0.1) is 0 Å². The van der Waals surface area contributed by atoms with Crippen LogP contribution in [0.25, 0.3) is 0 Å². The van der Waals surface area contributed by atoms with Crippen LogP contribution in [0.5, 0.6) is 5.75 Å². The standard InChI is InChI=1S/C26H28ClN3O5S/c1-18(2)16-28-26(32)21-11-7-8-12-23(21)29-25(31)17-30(19-13-14-24(35-3)22(27)15-19)36(33,34)20-9-5-4-6-10-20/h4-15,18H,16-17H2,1-3H3,(H,28,32)(H,29,31). The highest BCUT2D eigenvalue weighted by molar-refractivity contribution is 7.92. The lowest BCUT2D eigenvalue weighted by molar-refractivity contribution is -0.114. The van der Waals surface area contributed by atoms with E-state index in [-0.39, 0.29) is 38.7 Å². The highest BCUT2D eigenvalue weighted by Gasteiger charge is 2.28. The molecular weight excluding hydrogens is 502 g/mol. The summed E-state index contributed by atoms with van der Waals surface area (Å²) in [6.45, 7) is 3.87. The van der Waals surface area contributed by atoms with E-state index in [9.17, 15) is 18.0 Å². The Labute approximate surface area is 216 Å². The molecule has 0 atom stereocenters. The topological polar surface area (TPSA) is 105 Å². The van der Waals surface area contributed by atoms with E-state index >= 15 is 0 Å². The first-order valence-corrected chi connectivity index (χ1v) is 13.0. The van der Waals surface area contributed by atoms with Gasteiger partial charge < -0.3 is 15.4 Å². The second-order valence-electron chi connectivity index (χ2n) is 8.34. The Balaban J connectivity index is 1.92. The molecule has 0 heterocycles. The van der Waals surface area contributed by atoms with E-state index in [0.717, 1.165) is 4.31 Å². The number of methoxy groups -OCH3 is 1. The van der Waals surface area contributed by atoms with Crippen LogP contribution >= 0.6 is 11.6 Å². The van der Waals surface area contributed by atoms with Crippen molar-refractivity contribution in [3.8, 4) is 5.75 Å². The second-order valence-corrected chi connectivity index (χ2v) is 10.6. The van der Waals surface area contributed by atoms with E-state index in [1.54, 1.807) is 42.5 Å². The van der Waals surface area contributed by atoms with Crippen LogP contribution in [-0.4, -0.2) is 40.4 Å². The minimum Gasteiger partial charge on any atom is -0.495 e. The summed E-state index contributed by atoms with van der Waals surface area (Å²) in [5, 5.41) is 5.69. The molecule has 3 aromatic carbocycles. The summed E-state index contributed by atoms with van der Waals surface area (Å²) in [5.41, 5.74) is 0.729. The molecule has 3 aromatic rings. The number of anilines is 2.